The van der Waals surface area contributed by atoms with Crippen LogP contribution in [0.25, 0.3) is 0 Å². The van der Waals surface area contributed by atoms with Crippen LogP contribution in [0, 0.1) is 5.82 Å². The van der Waals surface area contributed by atoms with Gasteiger partial charge in [-0.1, -0.05) is 12.1 Å². The number of benzene rings is 1. The number of hydrogen-bond donors (Lipinski definition) is 2. The van der Waals surface area contributed by atoms with E-state index in [9.17, 15) is 14.0 Å². The molecule has 0 aliphatic carbocycles. The molecule has 1 amide bonds. The predicted molar refractivity (Wildman–Crippen MR) is 68.6 cm³/mol. The quantitative estimate of drug-likeness (QED) is 0.848. The molecule has 1 heterocycles. The van der Waals surface area contributed by atoms with Gasteiger partial charge in [0.25, 0.3) is 0 Å². The van der Waals surface area contributed by atoms with Crippen molar-refractivity contribution in [3.63, 3.8) is 0 Å². The largest absolute Gasteiger partial charge is 0.480 e. The molecule has 2 rings (SSSR count). The number of carbonyl (C=O) groups excluding carboxylic acids is 1. The van der Waals surface area contributed by atoms with Crippen LogP contribution in [0.15, 0.2) is 24.3 Å². The van der Waals surface area contributed by atoms with Crippen molar-refractivity contribution in [3.8, 4) is 0 Å². The van der Waals surface area contributed by atoms with Gasteiger partial charge < -0.3 is 15.2 Å². The molecule has 6 heteroatoms. The number of aliphatic carboxylic acids is 1. The molecule has 1 aromatic rings. The summed E-state index contributed by atoms with van der Waals surface area (Å²) < 4.78 is 18.0. The van der Waals surface area contributed by atoms with Crippen molar-refractivity contribution in [1.29, 1.82) is 0 Å². The SMILES string of the molecule is O=C(N[C@H](Cc1ccc(F)cc1)C(=O)O)[C@@H]1CCCO1. The molecule has 1 saturated heterocycles. The highest BCUT2D eigenvalue weighted by Gasteiger charge is 2.28. The summed E-state index contributed by atoms with van der Waals surface area (Å²) in [6.45, 7) is 0.522. The molecule has 20 heavy (non-hydrogen) atoms. The van der Waals surface area contributed by atoms with Crippen LogP contribution in [-0.2, 0) is 20.7 Å². The number of halogens is 1. The van der Waals surface area contributed by atoms with E-state index in [1.165, 1.54) is 24.3 Å². The average molecular weight is 281 g/mol. The maximum absolute atomic E-state index is 12.8. The minimum atomic E-state index is -1.12. The van der Waals surface area contributed by atoms with Gasteiger partial charge >= 0.3 is 5.97 Å². The summed E-state index contributed by atoms with van der Waals surface area (Å²) in [7, 11) is 0. The van der Waals surface area contributed by atoms with Gasteiger partial charge in [-0.15, -0.1) is 0 Å². The van der Waals surface area contributed by atoms with Gasteiger partial charge in [-0.05, 0) is 30.5 Å². The highest BCUT2D eigenvalue weighted by atomic mass is 19.1. The first-order valence-corrected chi connectivity index (χ1v) is 6.45. The predicted octanol–water partition coefficient (Wildman–Crippen LogP) is 1.12. The summed E-state index contributed by atoms with van der Waals surface area (Å²) in [4.78, 5) is 23.0. The van der Waals surface area contributed by atoms with E-state index in [4.69, 9.17) is 9.84 Å². The summed E-state index contributed by atoms with van der Waals surface area (Å²) in [5.74, 6) is -1.92. The van der Waals surface area contributed by atoms with E-state index in [1.54, 1.807) is 0 Å². The van der Waals surface area contributed by atoms with Crippen LogP contribution >= 0.6 is 0 Å². The Morgan fingerprint density at radius 3 is 2.65 bits per heavy atom. The molecule has 0 bridgehead atoms. The first-order chi connectivity index (χ1) is 9.56. The number of carboxylic acid groups (broad SMARTS) is 1. The smallest absolute Gasteiger partial charge is 0.326 e. The summed E-state index contributed by atoms with van der Waals surface area (Å²) in [5.41, 5.74) is 0.645. The fourth-order valence-corrected chi connectivity index (χ4v) is 2.11. The molecule has 108 valence electrons. The summed E-state index contributed by atoms with van der Waals surface area (Å²) in [6.07, 6.45) is 0.946. The molecule has 1 aliphatic heterocycles. The van der Waals surface area contributed by atoms with Crippen molar-refractivity contribution in [2.75, 3.05) is 6.61 Å². The van der Waals surface area contributed by atoms with Crippen LogP contribution in [0.5, 0.6) is 0 Å². The molecule has 2 N–H and O–H groups in total. The number of carbonyl (C=O) groups is 2. The Bertz CT molecular complexity index is 482. The third-order valence-electron chi connectivity index (χ3n) is 3.19. The third kappa shape index (κ3) is 3.77. The molecule has 0 spiro atoms. The Labute approximate surface area is 115 Å². The molecule has 1 aromatic carbocycles. The molecule has 1 fully saturated rings. The molecule has 0 unspecified atom stereocenters. The Balaban J connectivity index is 1.98. The maximum Gasteiger partial charge on any atom is 0.326 e. The summed E-state index contributed by atoms with van der Waals surface area (Å²) >= 11 is 0. The minimum Gasteiger partial charge on any atom is -0.480 e. The van der Waals surface area contributed by atoms with Crippen molar-refractivity contribution >= 4 is 11.9 Å². The topological polar surface area (TPSA) is 75.6 Å². The van der Waals surface area contributed by atoms with Gasteiger partial charge in [0.05, 0.1) is 0 Å². The second-order valence-electron chi connectivity index (χ2n) is 4.73. The number of nitrogens with one attached hydrogen (secondary N) is 1. The van der Waals surface area contributed by atoms with Gasteiger partial charge in [-0.25, -0.2) is 9.18 Å². The van der Waals surface area contributed by atoms with E-state index >= 15 is 0 Å². The lowest BCUT2D eigenvalue weighted by Crippen LogP contribution is -2.46. The Kier molecular flexibility index (Phi) is 4.68. The van der Waals surface area contributed by atoms with Gasteiger partial charge in [0.2, 0.25) is 5.91 Å². The molecular weight excluding hydrogens is 265 g/mol. The van der Waals surface area contributed by atoms with Crippen LogP contribution in [0.3, 0.4) is 0 Å². The normalized spacial score (nSPS) is 19.6. The molecule has 1 aliphatic rings. The lowest BCUT2D eigenvalue weighted by molar-refractivity contribution is -0.143. The monoisotopic (exact) mass is 281 g/mol. The minimum absolute atomic E-state index is 0.105. The molecule has 0 radical (unpaired) electrons. The maximum atomic E-state index is 12.8. The second-order valence-corrected chi connectivity index (χ2v) is 4.73. The van der Waals surface area contributed by atoms with Gasteiger partial charge in [0.15, 0.2) is 0 Å². The van der Waals surface area contributed by atoms with E-state index in [-0.39, 0.29) is 12.2 Å². The lowest BCUT2D eigenvalue weighted by Gasteiger charge is -2.17. The Morgan fingerprint density at radius 1 is 1.40 bits per heavy atom. The Hall–Kier alpha value is -1.95. The first kappa shape index (κ1) is 14.5. The van der Waals surface area contributed by atoms with Crippen LogP contribution < -0.4 is 5.32 Å². The lowest BCUT2D eigenvalue weighted by atomic mass is 10.1. The molecule has 5 nitrogen and oxygen atoms in total. The fraction of sp³-hybridized carbons (Fsp3) is 0.429. The first-order valence-electron chi connectivity index (χ1n) is 6.45. The number of ether oxygens (including phenoxy) is 1. The van der Waals surface area contributed by atoms with Crippen molar-refractivity contribution in [2.24, 2.45) is 0 Å². The zero-order chi connectivity index (χ0) is 14.5. The van der Waals surface area contributed by atoms with Gasteiger partial charge in [0, 0.05) is 13.0 Å². The van der Waals surface area contributed by atoms with Gasteiger partial charge in [0.1, 0.15) is 18.0 Å². The van der Waals surface area contributed by atoms with Crippen molar-refractivity contribution in [1.82, 2.24) is 5.32 Å². The van der Waals surface area contributed by atoms with Gasteiger partial charge in [-0.2, -0.15) is 0 Å². The van der Waals surface area contributed by atoms with Crippen LogP contribution in [0.2, 0.25) is 0 Å². The number of hydrogen-bond acceptors (Lipinski definition) is 3. The molecule has 0 aromatic heterocycles. The van der Waals surface area contributed by atoms with E-state index in [2.05, 4.69) is 5.32 Å². The number of amides is 1. The van der Waals surface area contributed by atoms with Crippen molar-refractivity contribution < 1.29 is 23.8 Å². The van der Waals surface area contributed by atoms with Crippen LogP contribution in [-0.4, -0.2) is 35.7 Å². The van der Waals surface area contributed by atoms with Crippen molar-refractivity contribution in [3.05, 3.63) is 35.6 Å². The van der Waals surface area contributed by atoms with Crippen LogP contribution in [0.4, 0.5) is 4.39 Å². The average Bonchev–Trinajstić information content (AvgIpc) is 2.94. The van der Waals surface area contributed by atoms with E-state index < -0.39 is 24.0 Å². The summed E-state index contributed by atoms with van der Waals surface area (Å²) in [5, 5.41) is 11.6. The fourth-order valence-electron chi connectivity index (χ4n) is 2.11. The zero-order valence-electron chi connectivity index (χ0n) is 10.8. The van der Waals surface area contributed by atoms with E-state index in [1.807, 2.05) is 0 Å². The standard InChI is InChI=1S/C14H16FNO4/c15-10-5-3-9(4-6-10)8-11(14(18)19)16-13(17)12-2-1-7-20-12/h3-6,11-12H,1-2,7-8H2,(H,16,17)(H,18,19)/t11-,12+/m1/s1. The molecule has 2 atom stereocenters. The molecule has 0 saturated carbocycles. The van der Waals surface area contributed by atoms with Crippen molar-refractivity contribution in [2.45, 2.75) is 31.4 Å². The van der Waals surface area contributed by atoms with Gasteiger partial charge in [-0.3, -0.25) is 4.79 Å². The number of rotatable bonds is 5. The van der Waals surface area contributed by atoms with E-state index in [0.717, 1.165) is 6.42 Å². The summed E-state index contributed by atoms with van der Waals surface area (Å²) in [6, 6.07) is 4.48. The molecular formula is C14H16FNO4. The van der Waals surface area contributed by atoms with Crippen LogP contribution in [0.1, 0.15) is 18.4 Å². The second kappa shape index (κ2) is 6.47. The van der Waals surface area contributed by atoms with E-state index in [0.29, 0.717) is 18.6 Å². The zero-order valence-corrected chi connectivity index (χ0v) is 10.8. The third-order valence-corrected chi connectivity index (χ3v) is 3.19. The Morgan fingerprint density at radius 2 is 2.10 bits per heavy atom. The highest BCUT2D eigenvalue weighted by Crippen LogP contribution is 2.13. The number of carboxylic acids is 1. The highest BCUT2D eigenvalue weighted by molar-refractivity contribution is 5.86.